The maximum absolute atomic E-state index is 11.8. The number of carbonyl (C=O) groups is 2. The van der Waals surface area contributed by atoms with E-state index in [1.165, 1.54) is 0 Å². The first-order chi connectivity index (χ1) is 9.20. The van der Waals surface area contributed by atoms with Gasteiger partial charge in [-0.05, 0) is 39.2 Å². The normalized spacial score (nSPS) is 29.4. The summed E-state index contributed by atoms with van der Waals surface area (Å²) in [5.74, 6) is 0.0473. The van der Waals surface area contributed by atoms with Gasteiger partial charge in [-0.1, -0.05) is 0 Å². The molecule has 108 valence electrons. The van der Waals surface area contributed by atoms with E-state index in [2.05, 4.69) is 10.2 Å². The highest BCUT2D eigenvalue weighted by Crippen LogP contribution is 2.23. The van der Waals surface area contributed by atoms with Crippen molar-refractivity contribution in [2.45, 2.75) is 45.1 Å². The highest BCUT2D eigenvalue weighted by molar-refractivity contribution is 5.77. The van der Waals surface area contributed by atoms with E-state index in [1.54, 1.807) is 0 Å². The molecular weight excluding hydrogens is 244 g/mol. The van der Waals surface area contributed by atoms with E-state index < -0.39 is 0 Å². The smallest absolute Gasteiger partial charge is 0.310 e. The molecule has 0 aromatic carbocycles. The van der Waals surface area contributed by atoms with Gasteiger partial charge in [0.1, 0.15) is 0 Å². The Bertz CT molecular complexity index is 333. The van der Waals surface area contributed by atoms with Crippen LogP contribution in [-0.4, -0.2) is 49.1 Å². The maximum Gasteiger partial charge on any atom is 0.310 e. The van der Waals surface area contributed by atoms with Gasteiger partial charge in [0.25, 0.3) is 0 Å². The molecule has 0 aromatic rings. The molecule has 2 heterocycles. The number of hydrogen-bond acceptors (Lipinski definition) is 4. The molecule has 0 saturated carbocycles. The lowest BCUT2D eigenvalue weighted by molar-refractivity contribution is -0.150. The van der Waals surface area contributed by atoms with Crippen LogP contribution in [0.15, 0.2) is 0 Å². The third-order valence-electron chi connectivity index (χ3n) is 4.05. The molecule has 0 spiro atoms. The summed E-state index contributed by atoms with van der Waals surface area (Å²) in [6, 6.07) is 0.291. The molecule has 2 saturated heterocycles. The van der Waals surface area contributed by atoms with Gasteiger partial charge in [-0.2, -0.15) is 0 Å². The molecule has 0 bridgehead atoms. The molecule has 2 atom stereocenters. The molecule has 2 rings (SSSR count). The molecule has 0 radical (unpaired) electrons. The molecule has 19 heavy (non-hydrogen) atoms. The molecule has 0 aromatic heterocycles. The second-order valence-corrected chi connectivity index (χ2v) is 5.44. The van der Waals surface area contributed by atoms with Crippen molar-refractivity contribution in [2.24, 2.45) is 5.92 Å². The molecule has 1 amide bonds. The second kappa shape index (κ2) is 6.89. The Morgan fingerprint density at radius 3 is 3.05 bits per heavy atom. The molecule has 5 heteroatoms. The van der Waals surface area contributed by atoms with Gasteiger partial charge in [0.05, 0.1) is 12.5 Å². The standard InChI is InChI=1S/C14H24N2O3/c1-2-19-14(18)11-5-4-8-16(10-11)12-6-3-7-15-13(17)9-12/h11-12H,2-10H2,1H3,(H,15,17)/t11-,12?/m1/s1. The van der Waals surface area contributed by atoms with Crippen LogP contribution >= 0.6 is 0 Å². The van der Waals surface area contributed by atoms with Crippen LogP contribution in [0.4, 0.5) is 0 Å². The van der Waals surface area contributed by atoms with Crippen LogP contribution in [0.2, 0.25) is 0 Å². The maximum atomic E-state index is 11.8. The van der Waals surface area contributed by atoms with Crippen LogP contribution in [0.25, 0.3) is 0 Å². The van der Waals surface area contributed by atoms with Gasteiger partial charge in [-0.25, -0.2) is 0 Å². The van der Waals surface area contributed by atoms with Crippen molar-refractivity contribution in [3.8, 4) is 0 Å². The average Bonchev–Trinajstić information content (AvgIpc) is 2.64. The number of ether oxygens (including phenoxy) is 1. The number of nitrogens with zero attached hydrogens (tertiary/aromatic N) is 1. The molecule has 2 aliphatic heterocycles. The second-order valence-electron chi connectivity index (χ2n) is 5.44. The van der Waals surface area contributed by atoms with Crippen LogP contribution in [0, 0.1) is 5.92 Å². The number of esters is 1. The predicted octanol–water partition coefficient (Wildman–Crippen LogP) is 0.930. The molecular formula is C14H24N2O3. The molecule has 2 fully saturated rings. The van der Waals surface area contributed by atoms with E-state index >= 15 is 0 Å². The number of rotatable bonds is 3. The molecule has 1 N–H and O–H groups in total. The fraction of sp³-hybridized carbons (Fsp3) is 0.857. The lowest BCUT2D eigenvalue weighted by atomic mass is 9.95. The number of carbonyl (C=O) groups excluding carboxylic acids is 2. The first-order valence-corrected chi connectivity index (χ1v) is 7.38. The van der Waals surface area contributed by atoms with Crippen LogP contribution in [0.3, 0.4) is 0 Å². The van der Waals surface area contributed by atoms with Crippen LogP contribution < -0.4 is 5.32 Å². The monoisotopic (exact) mass is 268 g/mol. The van der Waals surface area contributed by atoms with E-state index in [0.717, 1.165) is 45.3 Å². The summed E-state index contributed by atoms with van der Waals surface area (Å²) in [5, 5.41) is 2.91. The van der Waals surface area contributed by atoms with Gasteiger partial charge in [0.15, 0.2) is 0 Å². The van der Waals surface area contributed by atoms with Crippen molar-refractivity contribution < 1.29 is 14.3 Å². The van der Waals surface area contributed by atoms with Crippen LogP contribution in [0.5, 0.6) is 0 Å². The summed E-state index contributed by atoms with van der Waals surface area (Å²) < 4.78 is 5.12. The van der Waals surface area contributed by atoms with E-state index in [0.29, 0.717) is 19.1 Å². The number of nitrogens with one attached hydrogen (secondary N) is 1. The quantitative estimate of drug-likeness (QED) is 0.774. The molecule has 1 unspecified atom stereocenters. The van der Waals surface area contributed by atoms with Gasteiger partial charge >= 0.3 is 5.97 Å². The number of piperidine rings is 1. The lowest BCUT2D eigenvalue weighted by Crippen LogP contribution is -2.45. The third-order valence-corrected chi connectivity index (χ3v) is 4.05. The van der Waals surface area contributed by atoms with Crippen molar-refractivity contribution in [1.82, 2.24) is 10.2 Å². The van der Waals surface area contributed by atoms with Crippen molar-refractivity contribution in [3.63, 3.8) is 0 Å². The number of hydrogen-bond donors (Lipinski definition) is 1. The van der Waals surface area contributed by atoms with Crippen molar-refractivity contribution >= 4 is 11.9 Å². The third kappa shape index (κ3) is 3.93. The SMILES string of the molecule is CCOC(=O)[C@@H]1CCCN(C2CCCNC(=O)C2)C1. The zero-order valence-electron chi connectivity index (χ0n) is 11.7. The van der Waals surface area contributed by atoms with Crippen LogP contribution in [-0.2, 0) is 14.3 Å². The Morgan fingerprint density at radius 1 is 1.42 bits per heavy atom. The predicted molar refractivity (Wildman–Crippen MR) is 71.6 cm³/mol. The summed E-state index contributed by atoms with van der Waals surface area (Å²) in [4.78, 5) is 25.8. The van der Waals surface area contributed by atoms with Crippen LogP contribution in [0.1, 0.15) is 39.0 Å². The number of amides is 1. The fourth-order valence-corrected chi connectivity index (χ4v) is 3.06. The van der Waals surface area contributed by atoms with Crippen molar-refractivity contribution in [2.75, 3.05) is 26.2 Å². The Morgan fingerprint density at radius 2 is 2.26 bits per heavy atom. The summed E-state index contributed by atoms with van der Waals surface area (Å²) in [6.07, 6.45) is 4.55. The topological polar surface area (TPSA) is 58.6 Å². The first kappa shape index (κ1) is 14.3. The minimum atomic E-state index is -0.0785. The zero-order valence-corrected chi connectivity index (χ0v) is 11.7. The van der Waals surface area contributed by atoms with Crippen molar-refractivity contribution in [1.29, 1.82) is 0 Å². The summed E-state index contributed by atoms with van der Waals surface area (Å²) >= 11 is 0. The van der Waals surface area contributed by atoms with Gasteiger partial charge in [-0.15, -0.1) is 0 Å². The van der Waals surface area contributed by atoms with Gasteiger partial charge in [-0.3, -0.25) is 14.5 Å². The van der Waals surface area contributed by atoms with E-state index in [4.69, 9.17) is 4.74 Å². The van der Waals surface area contributed by atoms with E-state index in [1.807, 2.05) is 6.92 Å². The molecule has 2 aliphatic rings. The largest absolute Gasteiger partial charge is 0.466 e. The lowest BCUT2D eigenvalue weighted by Gasteiger charge is -2.36. The number of likely N-dealkylation sites (tertiary alicyclic amines) is 1. The Kier molecular flexibility index (Phi) is 5.19. The first-order valence-electron chi connectivity index (χ1n) is 7.38. The average molecular weight is 268 g/mol. The fourth-order valence-electron chi connectivity index (χ4n) is 3.06. The van der Waals surface area contributed by atoms with Gasteiger partial charge in [0, 0.05) is 25.6 Å². The van der Waals surface area contributed by atoms with E-state index in [-0.39, 0.29) is 17.8 Å². The van der Waals surface area contributed by atoms with Gasteiger partial charge < -0.3 is 10.1 Å². The highest BCUT2D eigenvalue weighted by atomic mass is 16.5. The Balaban J connectivity index is 1.92. The summed E-state index contributed by atoms with van der Waals surface area (Å²) in [7, 11) is 0. The van der Waals surface area contributed by atoms with Crippen molar-refractivity contribution in [3.05, 3.63) is 0 Å². The summed E-state index contributed by atoms with van der Waals surface area (Å²) in [5.41, 5.74) is 0. The Labute approximate surface area is 114 Å². The Hall–Kier alpha value is -1.10. The van der Waals surface area contributed by atoms with Gasteiger partial charge in [0.2, 0.25) is 5.91 Å². The molecule has 5 nitrogen and oxygen atoms in total. The zero-order chi connectivity index (χ0) is 13.7. The minimum absolute atomic E-state index is 0.0139. The minimum Gasteiger partial charge on any atom is -0.466 e. The highest BCUT2D eigenvalue weighted by Gasteiger charge is 2.31. The summed E-state index contributed by atoms with van der Waals surface area (Å²) in [6.45, 7) is 4.81. The molecule has 0 aliphatic carbocycles. The van der Waals surface area contributed by atoms with E-state index in [9.17, 15) is 9.59 Å².